The molecule has 1 saturated heterocycles. The van der Waals surface area contributed by atoms with E-state index in [1.54, 1.807) is 0 Å². The molecule has 7 heteroatoms. The van der Waals surface area contributed by atoms with Gasteiger partial charge in [0.2, 0.25) is 0 Å². The molecule has 1 heterocycles. The van der Waals surface area contributed by atoms with Gasteiger partial charge in [-0.05, 0) is 30.5 Å². The zero-order valence-corrected chi connectivity index (χ0v) is 15.9. The number of carbonyl (C=O) groups is 2. The first kappa shape index (κ1) is 19.5. The van der Waals surface area contributed by atoms with Gasteiger partial charge in [0.15, 0.2) is 6.54 Å². The molecule has 0 radical (unpaired) electrons. The van der Waals surface area contributed by atoms with Crippen LogP contribution in [0.5, 0.6) is 0 Å². The Morgan fingerprint density at radius 2 is 1.96 bits per heavy atom. The number of anilines is 1. The van der Waals surface area contributed by atoms with Crippen molar-refractivity contribution >= 4 is 29.2 Å². The second-order valence-corrected chi connectivity index (χ2v) is 7.43. The number of carbonyl (C=O) groups excluding carboxylic acids is 2. The summed E-state index contributed by atoms with van der Waals surface area (Å²) in [6.07, 6.45) is 0. The lowest BCUT2D eigenvalue weighted by Gasteiger charge is -2.34. The Morgan fingerprint density at radius 3 is 2.60 bits per heavy atom. The van der Waals surface area contributed by atoms with Crippen LogP contribution in [0, 0.1) is 12.8 Å². The van der Waals surface area contributed by atoms with Gasteiger partial charge in [0.05, 0.1) is 26.2 Å². The summed E-state index contributed by atoms with van der Waals surface area (Å²) < 4.78 is 0. The summed E-state index contributed by atoms with van der Waals surface area (Å²) in [6, 6.07) is 5.51. The summed E-state index contributed by atoms with van der Waals surface area (Å²) in [5.41, 5.74) is 2.36. The highest BCUT2D eigenvalue weighted by Crippen LogP contribution is 2.24. The van der Waals surface area contributed by atoms with Crippen molar-refractivity contribution in [2.75, 3.05) is 44.2 Å². The van der Waals surface area contributed by atoms with Crippen LogP contribution in [0.15, 0.2) is 18.2 Å². The number of urea groups is 1. The van der Waals surface area contributed by atoms with Gasteiger partial charge in [-0.15, -0.1) is 0 Å². The average Bonchev–Trinajstić information content (AvgIpc) is 2.56. The quantitative estimate of drug-likeness (QED) is 0.722. The Balaban J connectivity index is 1.77. The fraction of sp³-hybridized carbons (Fsp3) is 0.556. The lowest BCUT2D eigenvalue weighted by atomic mass is 10.1. The van der Waals surface area contributed by atoms with Crippen LogP contribution >= 0.6 is 11.6 Å². The first-order valence-corrected chi connectivity index (χ1v) is 9.15. The topological polar surface area (TPSA) is 65.9 Å². The van der Waals surface area contributed by atoms with Gasteiger partial charge in [-0.1, -0.05) is 31.5 Å². The molecule has 25 heavy (non-hydrogen) atoms. The molecule has 0 unspecified atom stereocenters. The van der Waals surface area contributed by atoms with E-state index < -0.39 is 6.03 Å². The predicted octanol–water partition coefficient (Wildman–Crippen LogP) is 0.835. The minimum absolute atomic E-state index is 0.233. The van der Waals surface area contributed by atoms with Gasteiger partial charge < -0.3 is 15.1 Å². The maximum atomic E-state index is 12.0. The van der Waals surface area contributed by atoms with Gasteiger partial charge in [-0.3, -0.25) is 10.1 Å². The molecular formula is C18H28ClN4O2+. The Morgan fingerprint density at radius 1 is 1.28 bits per heavy atom. The number of nitrogens with one attached hydrogen (secondary N) is 3. The van der Waals surface area contributed by atoms with Gasteiger partial charge in [0, 0.05) is 17.3 Å². The molecule has 3 N–H and O–H groups in total. The molecular weight excluding hydrogens is 340 g/mol. The van der Waals surface area contributed by atoms with Gasteiger partial charge in [-0.2, -0.15) is 0 Å². The molecule has 0 spiro atoms. The molecule has 1 aliphatic rings. The van der Waals surface area contributed by atoms with Crippen molar-refractivity contribution < 1.29 is 14.5 Å². The monoisotopic (exact) mass is 367 g/mol. The largest absolute Gasteiger partial charge is 0.360 e. The van der Waals surface area contributed by atoms with E-state index in [4.69, 9.17) is 11.6 Å². The summed E-state index contributed by atoms with van der Waals surface area (Å²) in [5, 5.41) is 5.83. The molecule has 6 nitrogen and oxygen atoms in total. The highest BCUT2D eigenvalue weighted by Gasteiger charge is 2.24. The third-order valence-corrected chi connectivity index (χ3v) is 4.55. The predicted molar refractivity (Wildman–Crippen MR) is 100 cm³/mol. The number of amides is 3. The van der Waals surface area contributed by atoms with E-state index in [9.17, 15) is 9.59 Å². The van der Waals surface area contributed by atoms with Crippen LogP contribution in [0.2, 0.25) is 5.02 Å². The second kappa shape index (κ2) is 9.06. The van der Waals surface area contributed by atoms with Crippen molar-refractivity contribution in [2.24, 2.45) is 5.92 Å². The van der Waals surface area contributed by atoms with E-state index in [1.165, 1.54) is 10.5 Å². The maximum Gasteiger partial charge on any atom is 0.321 e. The zero-order valence-electron chi connectivity index (χ0n) is 15.2. The molecule has 1 fully saturated rings. The third-order valence-electron chi connectivity index (χ3n) is 4.32. The standard InChI is InChI=1S/C18H27ClN4O2/c1-13(2)11-20-18(25)21-17(24)12-22-6-8-23(9-7-22)16-10-15(19)5-4-14(16)3/h4-5,10,13H,6-9,11-12H2,1-3H3,(H2,20,21,24,25)/p+1. The van der Waals surface area contributed by atoms with Crippen molar-refractivity contribution in [3.8, 4) is 0 Å². The third kappa shape index (κ3) is 6.21. The SMILES string of the molecule is Cc1ccc(Cl)cc1N1CC[NH+](CC(=O)NC(=O)NCC(C)C)CC1. The van der Waals surface area contributed by atoms with Crippen molar-refractivity contribution in [1.82, 2.24) is 10.6 Å². The zero-order chi connectivity index (χ0) is 18.4. The van der Waals surface area contributed by atoms with E-state index in [0.29, 0.717) is 19.0 Å². The minimum atomic E-state index is -0.411. The van der Waals surface area contributed by atoms with E-state index in [-0.39, 0.29) is 5.91 Å². The van der Waals surface area contributed by atoms with Crippen LogP contribution in [-0.2, 0) is 4.79 Å². The Kier molecular flexibility index (Phi) is 7.08. The lowest BCUT2D eigenvalue weighted by Crippen LogP contribution is -3.16. The van der Waals surface area contributed by atoms with Crippen molar-refractivity contribution in [1.29, 1.82) is 0 Å². The number of aryl methyl sites for hydroxylation is 1. The molecule has 1 aromatic carbocycles. The first-order chi connectivity index (χ1) is 11.8. The second-order valence-electron chi connectivity index (χ2n) is 7.00. The van der Waals surface area contributed by atoms with Crippen LogP contribution in [0.25, 0.3) is 0 Å². The van der Waals surface area contributed by atoms with Crippen LogP contribution in [0.3, 0.4) is 0 Å². The summed E-state index contributed by atoms with van der Waals surface area (Å²) in [7, 11) is 0. The fourth-order valence-corrected chi connectivity index (χ4v) is 3.07. The summed E-state index contributed by atoms with van der Waals surface area (Å²) >= 11 is 6.10. The van der Waals surface area contributed by atoms with E-state index in [2.05, 4.69) is 22.5 Å². The molecule has 0 atom stereocenters. The van der Waals surface area contributed by atoms with Crippen LogP contribution in [0.4, 0.5) is 10.5 Å². The first-order valence-electron chi connectivity index (χ1n) is 8.77. The maximum absolute atomic E-state index is 12.0. The van der Waals surface area contributed by atoms with Crippen LogP contribution in [-0.4, -0.2) is 51.2 Å². The number of benzene rings is 1. The number of halogens is 1. The Bertz CT molecular complexity index is 613. The van der Waals surface area contributed by atoms with Gasteiger partial charge in [-0.25, -0.2) is 4.79 Å². The number of rotatable bonds is 5. The smallest absolute Gasteiger partial charge is 0.321 e. The molecule has 0 aliphatic carbocycles. The highest BCUT2D eigenvalue weighted by molar-refractivity contribution is 6.30. The van der Waals surface area contributed by atoms with Crippen molar-refractivity contribution in [3.63, 3.8) is 0 Å². The van der Waals surface area contributed by atoms with Crippen molar-refractivity contribution in [2.45, 2.75) is 20.8 Å². The van der Waals surface area contributed by atoms with E-state index in [0.717, 1.165) is 36.9 Å². The van der Waals surface area contributed by atoms with Gasteiger partial charge in [0.1, 0.15) is 0 Å². The number of hydrogen-bond acceptors (Lipinski definition) is 3. The number of piperazine rings is 1. The Hall–Kier alpha value is -1.79. The van der Waals surface area contributed by atoms with E-state index >= 15 is 0 Å². The number of nitrogens with zero attached hydrogens (tertiary/aromatic N) is 1. The number of quaternary nitrogens is 1. The van der Waals surface area contributed by atoms with E-state index in [1.807, 2.05) is 32.0 Å². The lowest BCUT2D eigenvalue weighted by molar-refractivity contribution is -0.892. The highest BCUT2D eigenvalue weighted by atomic mass is 35.5. The fourth-order valence-electron chi connectivity index (χ4n) is 2.90. The molecule has 138 valence electrons. The van der Waals surface area contributed by atoms with Gasteiger partial charge in [0.25, 0.3) is 5.91 Å². The minimum Gasteiger partial charge on any atom is -0.360 e. The molecule has 0 saturated carbocycles. The summed E-state index contributed by atoms with van der Waals surface area (Å²) in [5.74, 6) is 0.123. The number of imide groups is 1. The van der Waals surface area contributed by atoms with Crippen molar-refractivity contribution in [3.05, 3.63) is 28.8 Å². The normalized spacial score (nSPS) is 15.3. The molecule has 1 aliphatic heterocycles. The van der Waals surface area contributed by atoms with Gasteiger partial charge >= 0.3 is 6.03 Å². The van der Waals surface area contributed by atoms with Crippen LogP contribution < -0.4 is 20.4 Å². The number of hydrogen-bond donors (Lipinski definition) is 3. The molecule has 0 aromatic heterocycles. The molecule has 2 rings (SSSR count). The molecule has 1 aromatic rings. The average molecular weight is 368 g/mol. The molecule has 3 amide bonds. The Labute approximate surface area is 154 Å². The summed E-state index contributed by atoms with van der Waals surface area (Å²) in [6.45, 7) is 10.4. The summed E-state index contributed by atoms with van der Waals surface area (Å²) in [4.78, 5) is 27.1. The van der Waals surface area contributed by atoms with Crippen LogP contribution in [0.1, 0.15) is 19.4 Å². The molecule has 0 bridgehead atoms.